The lowest BCUT2D eigenvalue weighted by Crippen LogP contribution is -2.50. The van der Waals surface area contributed by atoms with E-state index in [4.69, 9.17) is 4.74 Å². The van der Waals surface area contributed by atoms with Gasteiger partial charge in [0.1, 0.15) is 0 Å². The highest BCUT2D eigenvalue weighted by Crippen LogP contribution is 2.31. The third kappa shape index (κ3) is 3.70. The summed E-state index contributed by atoms with van der Waals surface area (Å²) in [7, 11) is 0. The molecule has 1 rings (SSSR count). The fourth-order valence-corrected chi connectivity index (χ4v) is 2.62. The zero-order valence-corrected chi connectivity index (χ0v) is 12.2. The Hall–Kier alpha value is -0.570. The van der Waals surface area contributed by atoms with E-state index in [1.54, 1.807) is 0 Å². The van der Waals surface area contributed by atoms with Crippen molar-refractivity contribution in [2.45, 2.75) is 65.5 Å². The summed E-state index contributed by atoms with van der Waals surface area (Å²) in [4.78, 5) is 14.5. The minimum atomic E-state index is -0.157. The van der Waals surface area contributed by atoms with Gasteiger partial charge < -0.3 is 9.64 Å². The molecule has 0 aromatic heterocycles. The van der Waals surface area contributed by atoms with Gasteiger partial charge in [0.2, 0.25) is 5.91 Å². The Morgan fingerprint density at radius 3 is 2.41 bits per heavy atom. The number of carbonyl (C=O) groups excluding carboxylic acids is 1. The molecule has 0 bridgehead atoms. The maximum atomic E-state index is 12.5. The molecule has 1 amide bonds. The van der Waals surface area contributed by atoms with Gasteiger partial charge in [0.15, 0.2) is 0 Å². The Balaban J connectivity index is 2.75. The van der Waals surface area contributed by atoms with Gasteiger partial charge in [-0.3, -0.25) is 4.79 Å². The second-order valence-electron chi connectivity index (χ2n) is 6.55. The molecule has 1 aliphatic heterocycles. The van der Waals surface area contributed by atoms with E-state index in [1.807, 2.05) is 11.8 Å². The van der Waals surface area contributed by atoms with Crippen LogP contribution in [0.3, 0.4) is 0 Å². The molecule has 0 N–H and O–H groups in total. The Kier molecular flexibility index (Phi) is 4.23. The second-order valence-corrected chi connectivity index (χ2v) is 6.55. The zero-order valence-electron chi connectivity index (χ0n) is 12.2. The lowest BCUT2D eigenvalue weighted by Gasteiger charge is -2.41. The molecule has 1 heterocycles. The van der Waals surface area contributed by atoms with Gasteiger partial charge in [-0.25, -0.2) is 0 Å². The Labute approximate surface area is 106 Å². The van der Waals surface area contributed by atoms with Crippen molar-refractivity contribution < 1.29 is 9.53 Å². The van der Waals surface area contributed by atoms with Crippen LogP contribution in [0, 0.1) is 5.92 Å². The van der Waals surface area contributed by atoms with Crippen LogP contribution in [-0.2, 0) is 9.53 Å². The van der Waals surface area contributed by atoms with Crippen molar-refractivity contribution in [3.05, 3.63) is 0 Å². The minimum Gasteiger partial charge on any atom is -0.376 e. The Morgan fingerprint density at radius 2 is 2.00 bits per heavy atom. The Bertz CT molecular complexity index is 278. The SMILES string of the molecule is CCN(C(=O)C1CCOC(C)(C)C1)C(C)(C)C. The van der Waals surface area contributed by atoms with Crippen molar-refractivity contribution in [3.63, 3.8) is 0 Å². The number of hydrogen-bond donors (Lipinski definition) is 0. The average molecular weight is 241 g/mol. The number of nitrogens with zero attached hydrogens (tertiary/aromatic N) is 1. The summed E-state index contributed by atoms with van der Waals surface area (Å²) in [5.41, 5.74) is -0.246. The molecule has 0 radical (unpaired) electrons. The van der Waals surface area contributed by atoms with Crippen molar-refractivity contribution in [1.29, 1.82) is 0 Å². The normalized spacial score (nSPS) is 24.5. The number of hydrogen-bond acceptors (Lipinski definition) is 2. The molecule has 1 aliphatic rings. The number of rotatable bonds is 2. The molecule has 17 heavy (non-hydrogen) atoms. The lowest BCUT2D eigenvalue weighted by atomic mass is 9.86. The summed E-state index contributed by atoms with van der Waals surface area (Å²) in [6.07, 6.45) is 1.69. The van der Waals surface area contributed by atoms with Crippen LogP contribution in [0.25, 0.3) is 0 Å². The molecule has 0 saturated carbocycles. The zero-order chi connectivity index (χ0) is 13.3. The highest BCUT2D eigenvalue weighted by atomic mass is 16.5. The lowest BCUT2D eigenvalue weighted by molar-refractivity contribution is -0.149. The van der Waals surface area contributed by atoms with Crippen LogP contribution in [-0.4, -0.2) is 35.1 Å². The summed E-state index contributed by atoms with van der Waals surface area (Å²) < 4.78 is 5.67. The van der Waals surface area contributed by atoms with E-state index >= 15 is 0 Å². The van der Waals surface area contributed by atoms with Crippen molar-refractivity contribution in [2.75, 3.05) is 13.2 Å². The molecule has 100 valence electrons. The molecule has 0 aromatic rings. The van der Waals surface area contributed by atoms with Crippen LogP contribution >= 0.6 is 0 Å². The summed E-state index contributed by atoms with van der Waals surface area (Å²) >= 11 is 0. The predicted molar refractivity (Wildman–Crippen MR) is 69.9 cm³/mol. The molecule has 1 unspecified atom stereocenters. The number of carbonyl (C=O) groups is 1. The highest BCUT2D eigenvalue weighted by molar-refractivity contribution is 5.79. The van der Waals surface area contributed by atoms with E-state index in [9.17, 15) is 4.79 Å². The van der Waals surface area contributed by atoms with Crippen LogP contribution in [0.4, 0.5) is 0 Å². The smallest absolute Gasteiger partial charge is 0.226 e. The summed E-state index contributed by atoms with van der Waals surface area (Å²) in [5, 5.41) is 0. The molecule has 3 nitrogen and oxygen atoms in total. The molecule has 1 atom stereocenters. The fraction of sp³-hybridized carbons (Fsp3) is 0.929. The van der Waals surface area contributed by atoms with Gasteiger partial charge in [-0.1, -0.05) is 0 Å². The summed E-state index contributed by atoms with van der Waals surface area (Å²) in [6.45, 7) is 14.0. The van der Waals surface area contributed by atoms with Crippen LogP contribution in [0.1, 0.15) is 54.4 Å². The van der Waals surface area contributed by atoms with Gasteiger partial charge in [-0.05, 0) is 54.4 Å². The first-order chi connectivity index (χ1) is 7.67. The van der Waals surface area contributed by atoms with Gasteiger partial charge in [-0.15, -0.1) is 0 Å². The quantitative estimate of drug-likeness (QED) is 0.744. The van der Waals surface area contributed by atoms with Crippen molar-refractivity contribution in [1.82, 2.24) is 4.90 Å². The molecule has 0 aromatic carbocycles. The van der Waals surface area contributed by atoms with E-state index in [1.165, 1.54) is 0 Å². The molecule has 0 spiro atoms. The molecular weight excluding hydrogens is 214 g/mol. The van der Waals surface area contributed by atoms with Crippen molar-refractivity contribution in [2.24, 2.45) is 5.92 Å². The Morgan fingerprint density at radius 1 is 1.41 bits per heavy atom. The average Bonchev–Trinajstić information content (AvgIpc) is 2.14. The predicted octanol–water partition coefficient (Wildman–Crippen LogP) is 2.84. The van der Waals surface area contributed by atoms with Gasteiger partial charge >= 0.3 is 0 Å². The maximum absolute atomic E-state index is 12.5. The first-order valence-corrected chi connectivity index (χ1v) is 6.63. The molecule has 1 saturated heterocycles. The third-order valence-corrected chi connectivity index (χ3v) is 3.44. The van der Waals surface area contributed by atoms with E-state index < -0.39 is 0 Å². The van der Waals surface area contributed by atoms with Gasteiger partial charge in [-0.2, -0.15) is 0 Å². The largest absolute Gasteiger partial charge is 0.376 e. The number of amides is 1. The molecular formula is C14H27NO2. The van der Waals surface area contributed by atoms with Gasteiger partial charge in [0, 0.05) is 24.6 Å². The van der Waals surface area contributed by atoms with Gasteiger partial charge in [0.25, 0.3) is 0 Å². The molecule has 1 fully saturated rings. The van der Waals surface area contributed by atoms with Crippen LogP contribution < -0.4 is 0 Å². The summed E-state index contributed by atoms with van der Waals surface area (Å²) in [6, 6.07) is 0. The van der Waals surface area contributed by atoms with Crippen molar-refractivity contribution >= 4 is 5.91 Å². The van der Waals surface area contributed by atoms with Crippen LogP contribution in [0.5, 0.6) is 0 Å². The second kappa shape index (κ2) is 4.97. The third-order valence-electron chi connectivity index (χ3n) is 3.44. The molecule has 0 aliphatic carbocycles. The monoisotopic (exact) mass is 241 g/mol. The van der Waals surface area contributed by atoms with E-state index in [0.29, 0.717) is 6.61 Å². The van der Waals surface area contributed by atoms with E-state index in [2.05, 4.69) is 34.6 Å². The number of ether oxygens (including phenoxy) is 1. The minimum absolute atomic E-state index is 0.0890. The topological polar surface area (TPSA) is 29.5 Å². The van der Waals surface area contributed by atoms with Crippen LogP contribution in [0.2, 0.25) is 0 Å². The van der Waals surface area contributed by atoms with E-state index in [0.717, 1.165) is 19.4 Å². The summed E-state index contributed by atoms with van der Waals surface area (Å²) in [5.74, 6) is 0.411. The van der Waals surface area contributed by atoms with Gasteiger partial charge in [0.05, 0.1) is 5.60 Å². The fourth-order valence-electron chi connectivity index (χ4n) is 2.62. The maximum Gasteiger partial charge on any atom is 0.226 e. The van der Waals surface area contributed by atoms with Crippen molar-refractivity contribution in [3.8, 4) is 0 Å². The first-order valence-electron chi connectivity index (χ1n) is 6.63. The van der Waals surface area contributed by atoms with E-state index in [-0.39, 0.29) is 23.0 Å². The standard InChI is InChI=1S/C14H27NO2/c1-7-15(13(2,3)4)12(16)11-8-9-17-14(5,6)10-11/h11H,7-10H2,1-6H3. The highest BCUT2D eigenvalue weighted by Gasteiger charge is 2.37. The first kappa shape index (κ1) is 14.5. The van der Waals surface area contributed by atoms with Crippen LogP contribution in [0.15, 0.2) is 0 Å². The molecule has 3 heteroatoms.